The normalized spacial score (nSPS) is 16.3. The Hall–Kier alpha value is -3.67. The Kier molecular flexibility index (Phi) is 3.47. The van der Waals surface area contributed by atoms with E-state index in [9.17, 15) is 0 Å². The molecule has 6 rings (SSSR count). The number of hydrogen-bond acceptors (Lipinski definition) is 4. The Morgan fingerprint density at radius 3 is 2.72 bits per heavy atom. The summed E-state index contributed by atoms with van der Waals surface area (Å²) in [6, 6.07) is 19.2. The molecule has 3 N–H and O–H groups in total. The van der Waals surface area contributed by atoms with Gasteiger partial charge in [-0.2, -0.15) is 5.10 Å². The van der Waals surface area contributed by atoms with Gasteiger partial charge >= 0.3 is 0 Å². The highest BCUT2D eigenvalue weighted by Crippen LogP contribution is 2.36. The Bertz CT molecular complexity index is 1330. The van der Waals surface area contributed by atoms with Gasteiger partial charge in [-0.15, -0.1) is 0 Å². The summed E-state index contributed by atoms with van der Waals surface area (Å²) < 4.78 is 2.06. The van der Waals surface area contributed by atoms with Gasteiger partial charge in [-0.05, 0) is 42.5 Å². The fraction of sp³-hybridized carbons (Fsp3) is 0.174. The van der Waals surface area contributed by atoms with Crippen LogP contribution < -0.4 is 5.73 Å². The zero-order valence-corrected chi connectivity index (χ0v) is 15.8. The molecule has 6 nitrogen and oxygen atoms in total. The van der Waals surface area contributed by atoms with E-state index in [1.54, 1.807) is 0 Å². The number of anilines is 1. The third kappa shape index (κ3) is 2.52. The number of benzene rings is 2. The lowest BCUT2D eigenvalue weighted by Crippen LogP contribution is -2.20. The number of aromatic amines is 1. The maximum Gasteiger partial charge on any atom is 0.164 e. The summed E-state index contributed by atoms with van der Waals surface area (Å²) in [5.74, 6) is 0.464. The topological polar surface area (TPSA) is 85.4 Å². The molecule has 0 radical (unpaired) electrons. The largest absolute Gasteiger partial charge is 0.383 e. The van der Waals surface area contributed by atoms with Crippen molar-refractivity contribution in [1.29, 1.82) is 0 Å². The first-order valence-electron chi connectivity index (χ1n) is 9.91. The fourth-order valence-electron chi connectivity index (χ4n) is 4.53. The summed E-state index contributed by atoms with van der Waals surface area (Å²) >= 11 is 0. The molecule has 29 heavy (non-hydrogen) atoms. The average molecular weight is 380 g/mol. The monoisotopic (exact) mass is 380 g/mol. The Morgan fingerprint density at radius 1 is 1.00 bits per heavy atom. The molecule has 0 spiro atoms. The molecule has 0 saturated heterocycles. The SMILES string of the molecule is Nc1ncnc2c1c(-c1cc3ccccc3[nH]1)nn2C1CCc2ccccc2C1. The molecule has 0 fully saturated rings. The van der Waals surface area contributed by atoms with Gasteiger partial charge in [-0.3, -0.25) is 0 Å². The van der Waals surface area contributed by atoms with Crippen LogP contribution in [0.2, 0.25) is 0 Å². The van der Waals surface area contributed by atoms with Crippen LogP contribution >= 0.6 is 0 Å². The van der Waals surface area contributed by atoms with E-state index in [0.29, 0.717) is 5.82 Å². The number of aromatic nitrogens is 5. The molecule has 1 aliphatic rings. The van der Waals surface area contributed by atoms with Crippen LogP contribution in [0.1, 0.15) is 23.6 Å². The van der Waals surface area contributed by atoms with Gasteiger partial charge in [-0.25, -0.2) is 14.6 Å². The van der Waals surface area contributed by atoms with E-state index in [1.165, 1.54) is 17.5 Å². The smallest absolute Gasteiger partial charge is 0.164 e. The van der Waals surface area contributed by atoms with Crippen molar-refractivity contribution in [3.63, 3.8) is 0 Å². The molecule has 0 bridgehead atoms. The Balaban J connectivity index is 1.53. The van der Waals surface area contributed by atoms with Gasteiger partial charge in [0.1, 0.15) is 17.8 Å². The first-order chi connectivity index (χ1) is 14.3. The van der Waals surface area contributed by atoms with Crippen LogP contribution in [0.5, 0.6) is 0 Å². The van der Waals surface area contributed by atoms with E-state index in [4.69, 9.17) is 10.8 Å². The molecule has 3 aromatic heterocycles. The number of H-pyrrole nitrogens is 1. The first kappa shape index (κ1) is 16.3. The Labute approximate surface area is 167 Å². The second-order valence-corrected chi connectivity index (χ2v) is 7.69. The van der Waals surface area contributed by atoms with Gasteiger partial charge in [-0.1, -0.05) is 42.5 Å². The minimum absolute atomic E-state index is 0.250. The highest BCUT2D eigenvalue weighted by atomic mass is 15.3. The Morgan fingerprint density at radius 2 is 1.83 bits per heavy atom. The summed E-state index contributed by atoms with van der Waals surface area (Å²) in [7, 11) is 0. The number of hydrogen-bond donors (Lipinski definition) is 2. The number of para-hydroxylation sites is 1. The van der Waals surface area contributed by atoms with Crippen molar-refractivity contribution in [2.45, 2.75) is 25.3 Å². The van der Waals surface area contributed by atoms with E-state index in [1.807, 2.05) is 12.1 Å². The van der Waals surface area contributed by atoms with E-state index < -0.39 is 0 Å². The lowest BCUT2D eigenvalue weighted by atomic mass is 9.88. The second-order valence-electron chi connectivity index (χ2n) is 7.69. The molecule has 1 atom stereocenters. The number of fused-ring (bicyclic) bond motifs is 3. The molecule has 2 aromatic carbocycles. The van der Waals surface area contributed by atoms with Gasteiger partial charge < -0.3 is 10.7 Å². The molecule has 0 saturated carbocycles. The maximum atomic E-state index is 6.29. The van der Waals surface area contributed by atoms with Crippen molar-refractivity contribution in [3.8, 4) is 11.4 Å². The van der Waals surface area contributed by atoms with E-state index in [0.717, 1.165) is 52.6 Å². The van der Waals surface area contributed by atoms with Crippen molar-refractivity contribution in [2.75, 3.05) is 5.73 Å². The maximum absolute atomic E-state index is 6.29. The molecule has 1 aliphatic carbocycles. The number of nitrogens with one attached hydrogen (secondary N) is 1. The van der Waals surface area contributed by atoms with Gasteiger partial charge in [0.25, 0.3) is 0 Å². The number of aryl methyl sites for hydroxylation is 1. The quantitative estimate of drug-likeness (QED) is 0.478. The van der Waals surface area contributed by atoms with Crippen molar-refractivity contribution in [3.05, 3.63) is 72.1 Å². The molecule has 0 aliphatic heterocycles. The van der Waals surface area contributed by atoms with E-state index in [2.05, 4.69) is 62.1 Å². The van der Waals surface area contributed by atoms with Crippen LogP contribution in [0.3, 0.4) is 0 Å². The summed E-state index contributed by atoms with van der Waals surface area (Å²) in [4.78, 5) is 12.3. The van der Waals surface area contributed by atoms with Crippen molar-refractivity contribution >= 4 is 27.8 Å². The van der Waals surface area contributed by atoms with Crippen molar-refractivity contribution in [1.82, 2.24) is 24.7 Å². The summed E-state index contributed by atoms with van der Waals surface area (Å²) in [6.07, 6.45) is 4.55. The molecule has 3 heterocycles. The highest BCUT2D eigenvalue weighted by Gasteiger charge is 2.26. The fourth-order valence-corrected chi connectivity index (χ4v) is 4.53. The third-order valence-corrected chi connectivity index (χ3v) is 5.97. The highest BCUT2D eigenvalue weighted by molar-refractivity contribution is 5.99. The van der Waals surface area contributed by atoms with Crippen LogP contribution in [0.4, 0.5) is 5.82 Å². The zero-order valence-electron chi connectivity index (χ0n) is 15.8. The molecule has 142 valence electrons. The van der Waals surface area contributed by atoms with Gasteiger partial charge in [0.15, 0.2) is 5.65 Å². The van der Waals surface area contributed by atoms with Gasteiger partial charge in [0, 0.05) is 10.9 Å². The van der Waals surface area contributed by atoms with Crippen LogP contribution in [0.25, 0.3) is 33.3 Å². The molecular weight excluding hydrogens is 360 g/mol. The van der Waals surface area contributed by atoms with Gasteiger partial charge in [0.05, 0.1) is 17.1 Å². The molecule has 1 unspecified atom stereocenters. The van der Waals surface area contributed by atoms with Crippen LogP contribution in [0, 0.1) is 0 Å². The molecule has 0 amide bonds. The summed E-state index contributed by atoms with van der Waals surface area (Å²) in [6.45, 7) is 0. The minimum Gasteiger partial charge on any atom is -0.383 e. The lowest BCUT2D eigenvalue weighted by molar-refractivity contribution is 0.415. The standard InChI is InChI=1S/C23H20N6/c24-22-20-21(19-12-16-7-3-4-8-18(16)27-19)28-29(23(20)26-13-25-22)17-10-9-14-5-1-2-6-15(14)11-17/h1-8,12-13,17,27H,9-11H2,(H2,24,25,26). The zero-order chi connectivity index (χ0) is 19.4. The second kappa shape index (κ2) is 6.17. The number of nitrogen functional groups attached to an aromatic ring is 1. The first-order valence-corrected chi connectivity index (χ1v) is 9.91. The predicted octanol–water partition coefficient (Wildman–Crippen LogP) is 4.29. The van der Waals surface area contributed by atoms with Crippen LogP contribution in [-0.2, 0) is 12.8 Å². The van der Waals surface area contributed by atoms with Gasteiger partial charge in [0.2, 0.25) is 0 Å². The summed E-state index contributed by atoms with van der Waals surface area (Å²) in [5, 5.41) is 6.98. The van der Waals surface area contributed by atoms with E-state index >= 15 is 0 Å². The molecule has 5 aromatic rings. The number of rotatable bonds is 2. The van der Waals surface area contributed by atoms with Crippen molar-refractivity contribution < 1.29 is 0 Å². The van der Waals surface area contributed by atoms with Crippen molar-refractivity contribution in [2.24, 2.45) is 0 Å². The summed E-state index contributed by atoms with van der Waals surface area (Å²) in [5.41, 5.74) is 12.7. The molecule has 6 heteroatoms. The molecular formula is C23H20N6. The van der Waals surface area contributed by atoms with Crippen LogP contribution in [-0.4, -0.2) is 24.7 Å². The number of nitrogens with two attached hydrogens (primary N) is 1. The number of nitrogens with zero attached hydrogens (tertiary/aromatic N) is 4. The average Bonchev–Trinajstić information content (AvgIpc) is 3.36. The predicted molar refractivity (Wildman–Crippen MR) is 115 cm³/mol. The lowest BCUT2D eigenvalue weighted by Gasteiger charge is -2.25. The van der Waals surface area contributed by atoms with E-state index in [-0.39, 0.29) is 6.04 Å². The van der Waals surface area contributed by atoms with Crippen LogP contribution in [0.15, 0.2) is 60.9 Å². The third-order valence-electron chi connectivity index (χ3n) is 5.97. The minimum atomic E-state index is 0.250.